The predicted molar refractivity (Wildman–Crippen MR) is 70.1 cm³/mol. The summed E-state index contributed by atoms with van der Waals surface area (Å²) in [6.45, 7) is 4.07. The summed E-state index contributed by atoms with van der Waals surface area (Å²) in [6, 6.07) is 8.04. The van der Waals surface area contributed by atoms with E-state index in [0.717, 1.165) is 22.9 Å². The van der Waals surface area contributed by atoms with Gasteiger partial charge < -0.3 is 9.88 Å². The Morgan fingerprint density at radius 3 is 2.88 bits per heavy atom. The second-order valence-corrected chi connectivity index (χ2v) is 4.48. The van der Waals surface area contributed by atoms with Crippen LogP contribution < -0.4 is 5.32 Å². The Morgan fingerprint density at radius 1 is 1.41 bits per heavy atom. The van der Waals surface area contributed by atoms with Crippen molar-refractivity contribution in [1.29, 1.82) is 0 Å². The Labute approximate surface area is 101 Å². The molecule has 0 aliphatic rings. The number of benzene rings is 1. The first-order valence-corrected chi connectivity index (χ1v) is 5.97. The molecule has 2 rings (SSSR count). The van der Waals surface area contributed by atoms with Crippen molar-refractivity contribution < 1.29 is 4.79 Å². The fourth-order valence-corrected chi connectivity index (χ4v) is 1.83. The summed E-state index contributed by atoms with van der Waals surface area (Å²) in [6.07, 6.45) is 2.94. The van der Waals surface area contributed by atoms with E-state index in [4.69, 9.17) is 0 Å². The van der Waals surface area contributed by atoms with Gasteiger partial charge in [0.2, 0.25) is 0 Å². The molecule has 0 radical (unpaired) electrons. The SMILES string of the molecule is CCC(C)NC(=O)c1ccc2c(ccn2C)c1. The minimum absolute atomic E-state index is 0.00473. The van der Waals surface area contributed by atoms with Crippen LogP contribution >= 0.6 is 0 Å². The molecule has 1 aromatic heterocycles. The Balaban J connectivity index is 2.27. The summed E-state index contributed by atoms with van der Waals surface area (Å²) in [7, 11) is 2.00. The normalized spacial score (nSPS) is 12.6. The molecule has 0 bridgehead atoms. The first kappa shape index (κ1) is 11.7. The topological polar surface area (TPSA) is 34.0 Å². The third-order valence-electron chi connectivity index (χ3n) is 3.14. The lowest BCUT2D eigenvalue weighted by Crippen LogP contribution is -2.31. The van der Waals surface area contributed by atoms with E-state index in [1.54, 1.807) is 0 Å². The maximum absolute atomic E-state index is 11.9. The highest BCUT2D eigenvalue weighted by Crippen LogP contribution is 2.16. The van der Waals surface area contributed by atoms with Crippen molar-refractivity contribution in [3.63, 3.8) is 0 Å². The Bertz CT molecular complexity index is 542. The van der Waals surface area contributed by atoms with Gasteiger partial charge in [0.1, 0.15) is 0 Å². The number of carbonyl (C=O) groups excluding carboxylic acids is 1. The number of rotatable bonds is 3. The van der Waals surface area contributed by atoms with Crippen LogP contribution in [-0.4, -0.2) is 16.5 Å². The van der Waals surface area contributed by atoms with Crippen LogP contribution in [0.25, 0.3) is 10.9 Å². The van der Waals surface area contributed by atoms with E-state index in [-0.39, 0.29) is 11.9 Å². The molecule has 0 spiro atoms. The third kappa shape index (κ3) is 2.33. The van der Waals surface area contributed by atoms with Crippen molar-refractivity contribution in [2.24, 2.45) is 7.05 Å². The third-order valence-corrected chi connectivity index (χ3v) is 3.14. The molecule has 0 aliphatic heterocycles. The average Bonchev–Trinajstić information content (AvgIpc) is 2.70. The van der Waals surface area contributed by atoms with E-state index in [2.05, 4.69) is 12.2 Å². The van der Waals surface area contributed by atoms with E-state index in [1.807, 2.05) is 49.0 Å². The monoisotopic (exact) mass is 230 g/mol. The van der Waals surface area contributed by atoms with E-state index >= 15 is 0 Å². The fraction of sp³-hybridized carbons (Fsp3) is 0.357. The van der Waals surface area contributed by atoms with Gasteiger partial charge in [0.05, 0.1) is 0 Å². The molecule has 1 unspecified atom stereocenters. The van der Waals surface area contributed by atoms with Crippen molar-refractivity contribution in [1.82, 2.24) is 9.88 Å². The van der Waals surface area contributed by atoms with Crippen molar-refractivity contribution >= 4 is 16.8 Å². The Hall–Kier alpha value is -1.77. The van der Waals surface area contributed by atoms with E-state index in [1.165, 1.54) is 0 Å². The summed E-state index contributed by atoms with van der Waals surface area (Å²) in [4.78, 5) is 11.9. The number of amides is 1. The van der Waals surface area contributed by atoms with Gasteiger partial charge in [0.25, 0.3) is 5.91 Å². The number of hydrogen-bond donors (Lipinski definition) is 1. The molecule has 90 valence electrons. The molecule has 3 nitrogen and oxygen atoms in total. The van der Waals surface area contributed by atoms with Crippen molar-refractivity contribution in [2.75, 3.05) is 0 Å². The highest BCUT2D eigenvalue weighted by Gasteiger charge is 2.09. The largest absolute Gasteiger partial charge is 0.351 e. The standard InChI is InChI=1S/C14H18N2O/c1-4-10(2)15-14(17)12-5-6-13-11(9-12)7-8-16(13)3/h5-10H,4H2,1-3H3,(H,15,17). The predicted octanol–water partition coefficient (Wildman–Crippen LogP) is 2.71. The van der Waals surface area contributed by atoms with E-state index < -0.39 is 0 Å². The maximum atomic E-state index is 11.9. The number of nitrogens with one attached hydrogen (secondary N) is 1. The van der Waals surface area contributed by atoms with Gasteiger partial charge >= 0.3 is 0 Å². The highest BCUT2D eigenvalue weighted by atomic mass is 16.1. The van der Waals surface area contributed by atoms with Crippen LogP contribution in [0.1, 0.15) is 30.6 Å². The number of aromatic nitrogens is 1. The molecule has 3 heteroatoms. The van der Waals surface area contributed by atoms with E-state index in [9.17, 15) is 4.79 Å². The number of aryl methyl sites for hydroxylation is 1. The Kier molecular flexibility index (Phi) is 3.18. The van der Waals surface area contributed by atoms with Crippen LogP contribution in [0.2, 0.25) is 0 Å². The summed E-state index contributed by atoms with van der Waals surface area (Å²) < 4.78 is 2.05. The zero-order valence-corrected chi connectivity index (χ0v) is 10.5. The molecule has 17 heavy (non-hydrogen) atoms. The van der Waals surface area contributed by atoms with Crippen molar-refractivity contribution in [3.8, 4) is 0 Å². The van der Waals surface area contributed by atoms with Crippen LogP contribution in [-0.2, 0) is 7.05 Å². The summed E-state index contributed by atoms with van der Waals surface area (Å²) in [5, 5.41) is 4.07. The number of carbonyl (C=O) groups is 1. The zero-order chi connectivity index (χ0) is 12.4. The lowest BCUT2D eigenvalue weighted by molar-refractivity contribution is 0.0939. The van der Waals surface area contributed by atoms with Crippen LogP contribution in [0.15, 0.2) is 30.5 Å². The smallest absolute Gasteiger partial charge is 0.251 e. The molecule has 1 atom stereocenters. The summed E-state index contributed by atoms with van der Waals surface area (Å²) in [5.74, 6) is 0.00473. The van der Waals surface area contributed by atoms with Crippen LogP contribution in [0.5, 0.6) is 0 Å². The van der Waals surface area contributed by atoms with Crippen molar-refractivity contribution in [3.05, 3.63) is 36.0 Å². The molecule has 1 amide bonds. The average molecular weight is 230 g/mol. The van der Waals surface area contributed by atoms with Crippen LogP contribution in [0.4, 0.5) is 0 Å². The van der Waals surface area contributed by atoms with E-state index in [0.29, 0.717) is 0 Å². The minimum atomic E-state index is 0.00473. The number of nitrogens with zero attached hydrogens (tertiary/aromatic N) is 1. The molecule has 0 aliphatic carbocycles. The molecule has 0 saturated carbocycles. The fourth-order valence-electron chi connectivity index (χ4n) is 1.83. The maximum Gasteiger partial charge on any atom is 0.251 e. The second-order valence-electron chi connectivity index (χ2n) is 4.48. The second kappa shape index (κ2) is 4.62. The zero-order valence-electron chi connectivity index (χ0n) is 10.5. The van der Waals surface area contributed by atoms with Gasteiger partial charge in [-0.2, -0.15) is 0 Å². The first-order chi connectivity index (χ1) is 8.11. The van der Waals surface area contributed by atoms with Gasteiger partial charge in [0.15, 0.2) is 0 Å². The van der Waals surface area contributed by atoms with Crippen molar-refractivity contribution in [2.45, 2.75) is 26.3 Å². The van der Waals surface area contributed by atoms with Gasteiger partial charge in [-0.1, -0.05) is 6.92 Å². The molecule has 0 saturated heterocycles. The summed E-state index contributed by atoms with van der Waals surface area (Å²) in [5.41, 5.74) is 1.87. The quantitative estimate of drug-likeness (QED) is 0.864. The van der Waals surface area contributed by atoms with Gasteiger partial charge in [-0.05, 0) is 37.6 Å². The van der Waals surface area contributed by atoms with Gasteiger partial charge in [-0.15, -0.1) is 0 Å². The highest BCUT2D eigenvalue weighted by molar-refractivity contribution is 5.98. The molecular formula is C14H18N2O. The molecular weight excluding hydrogens is 212 g/mol. The first-order valence-electron chi connectivity index (χ1n) is 5.97. The molecule has 0 fully saturated rings. The van der Waals surface area contributed by atoms with Crippen LogP contribution in [0, 0.1) is 0 Å². The molecule has 1 aromatic carbocycles. The Morgan fingerprint density at radius 2 is 2.18 bits per heavy atom. The molecule has 2 aromatic rings. The minimum Gasteiger partial charge on any atom is -0.351 e. The number of hydrogen-bond acceptors (Lipinski definition) is 1. The molecule has 1 heterocycles. The lowest BCUT2D eigenvalue weighted by atomic mass is 10.1. The van der Waals surface area contributed by atoms with Crippen LogP contribution in [0.3, 0.4) is 0 Å². The lowest BCUT2D eigenvalue weighted by Gasteiger charge is -2.11. The number of fused-ring (bicyclic) bond motifs is 1. The molecule has 1 N–H and O–H groups in total. The van der Waals surface area contributed by atoms with Gasteiger partial charge in [0, 0.05) is 35.8 Å². The van der Waals surface area contributed by atoms with Gasteiger partial charge in [-0.25, -0.2) is 0 Å². The van der Waals surface area contributed by atoms with Gasteiger partial charge in [-0.3, -0.25) is 4.79 Å². The summed E-state index contributed by atoms with van der Waals surface area (Å²) >= 11 is 0.